The van der Waals surface area contributed by atoms with Crippen molar-refractivity contribution in [1.29, 1.82) is 0 Å². The molecular formula is C12H19N5O. The Labute approximate surface area is 107 Å². The van der Waals surface area contributed by atoms with Crippen molar-refractivity contribution in [1.82, 2.24) is 15.1 Å². The third kappa shape index (κ3) is 2.95. The SMILES string of the molecule is C[C@@H](N)C(=O)N1CCCN(c2cccnn2)CC1. The average molecular weight is 249 g/mol. The Morgan fingerprint density at radius 2 is 2.22 bits per heavy atom. The fourth-order valence-corrected chi connectivity index (χ4v) is 2.12. The molecule has 1 atom stereocenters. The van der Waals surface area contributed by atoms with E-state index in [0.717, 1.165) is 31.9 Å². The topological polar surface area (TPSA) is 75.4 Å². The molecule has 0 spiro atoms. The predicted octanol–water partition coefficient (Wildman–Crippen LogP) is -0.137. The van der Waals surface area contributed by atoms with Crippen LogP contribution in [0.4, 0.5) is 5.82 Å². The number of nitrogens with zero attached hydrogens (tertiary/aromatic N) is 4. The largest absolute Gasteiger partial charge is 0.353 e. The van der Waals surface area contributed by atoms with Gasteiger partial charge in [0.05, 0.1) is 6.04 Å². The van der Waals surface area contributed by atoms with E-state index in [1.54, 1.807) is 13.1 Å². The molecule has 0 radical (unpaired) electrons. The van der Waals surface area contributed by atoms with Crippen LogP contribution in [-0.2, 0) is 4.79 Å². The standard InChI is InChI=1S/C12H19N5O/c1-10(13)12(18)17-7-3-6-16(8-9-17)11-4-2-5-14-15-11/h2,4-5,10H,3,6-9,13H2,1H3/t10-/m1/s1. The molecule has 1 fully saturated rings. The molecular weight excluding hydrogens is 230 g/mol. The van der Waals surface area contributed by atoms with Gasteiger partial charge in [-0.1, -0.05) is 0 Å². The summed E-state index contributed by atoms with van der Waals surface area (Å²) in [6, 6.07) is 3.39. The van der Waals surface area contributed by atoms with Gasteiger partial charge in [-0.25, -0.2) is 0 Å². The van der Waals surface area contributed by atoms with E-state index in [1.807, 2.05) is 17.0 Å². The number of aromatic nitrogens is 2. The second-order valence-electron chi connectivity index (χ2n) is 4.54. The lowest BCUT2D eigenvalue weighted by molar-refractivity contribution is -0.131. The minimum Gasteiger partial charge on any atom is -0.353 e. The molecule has 1 aromatic rings. The summed E-state index contributed by atoms with van der Waals surface area (Å²) in [5.74, 6) is 0.892. The number of carbonyl (C=O) groups is 1. The molecule has 0 saturated carbocycles. The highest BCUT2D eigenvalue weighted by atomic mass is 16.2. The van der Waals surface area contributed by atoms with Gasteiger partial charge in [-0.2, -0.15) is 5.10 Å². The van der Waals surface area contributed by atoms with Crippen LogP contribution in [0.1, 0.15) is 13.3 Å². The second kappa shape index (κ2) is 5.77. The average Bonchev–Trinajstić information content (AvgIpc) is 2.64. The number of amides is 1. The van der Waals surface area contributed by atoms with Crippen LogP contribution in [0.15, 0.2) is 18.3 Å². The fraction of sp³-hybridized carbons (Fsp3) is 0.583. The van der Waals surface area contributed by atoms with Gasteiger partial charge in [0.2, 0.25) is 5.91 Å². The van der Waals surface area contributed by atoms with Gasteiger partial charge in [0.25, 0.3) is 0 Å². The highest BCUT2D eigenvalue weighted by molar-refractivity contribution is 5.81. The van der Waals surface area contributed by atoms with Crippen LogP contribution in [0.25, 0.3) is 0 Å². The van der Waals surface area contributed by atoms with Gasteiger partial charge in [0.1, 0.15) is 0 Å². The summed E-state index contributed by atoms with van der Waals surface area (Å²) in [6.07, 6.45) is 2.59. The zero-order valence-electron chi connectivity index (χ0n) is 10.6. The van der Waals surface area contributed by atoms with E-state index in [2.05, 4.69) is 15.1 Å². The van der Waals surface area contributed by atoms with Crippen LogP contribution in [-0.4, -0.2) is 53.2 Å². The summed E-state index contributed by atoms with van der Waals surface area (Å²) in [4.78, 5) is 15.8. The van der Waals surface area contributed by atoms with E-state index in [1.165, 1.54) is 0 Å². The van der Waals surface area contributed by atoms with Crippen molar-refractivity contribution < 1.29 is 4.79 Å². The minimum atomic E-state index is -0.423. The Balaban J connectivity index is 1.99. The van der Waals surface area contributed by atoms with E-state index in [4.69, 9.17) is 5.73 Å². The molecule has 98 valence electrons. The Kier molecular flexibility index (Phi) is 4.09. The summed E-state index contributed by atoms with van der Waals surface area (Å²) >= 11 is 0. The van der Waals surface area contributed by atoms with E-state index in [-0.39, 0.29) is 5.91 Å². The zero-order valence-corrected chi connectivity index (χ0v) is 10.6. The smallest absolute Gasteiger partial charge is 0.239 e. The highest BCUT2D eigenvalue weighted by Crippen LogP contribution is 2.12. The first kappa shape index (κ1) is 12.8. The number of carbonyl (C=O) groups excluding carboxylic acids is 1. The third-order valence-corrected chi connectivity index (χ3v) is 3.08. The van der Waals surface area contributed by atoms with Crippen molar-refractivity contribution in [3.8, 4) is 0 Å². The number of hydrogen-bond donors (Lipinski definition) is 1. The van der Waals surface area contributed by atoms with Crippen LogP contribution in [0, 0.1) is 0 Å². The monoisotopic (exact) mass is 249 g/mol. The summed E-state index contributed by atoms with van der Waals surface area (Å²) in [6.45, 7) is 4.85. The number of anilines is 1. The lowest BCUT2D eigenvalue weighted by Gasteiger charge is -2.23. The Bertz CT molecular complexity index is 395. The molecule has 1 amide bonds. The molecule has 0 unspecified atom stereocenters. The molecule has 2 heterocycles. The van der Waals surface area contributed by atoms with Crippen molar-refractivity contribution in [2.45, 2.75) is 19.4 Å². The Morgan fingerprint density at radius 1 is 1.39 bits per heavy atom. The molecule has 1 aromatic heterocycles. The van der Waals surface area contributed by atoms with Crippen LogP contribution >= 0.6 is 0 Å². The van der Waals surface area contributed by atoms with Crippen molar-refractivity contribution in [3.63, 3.8) is 0 Å². The maximum absolute atomic E-state index is 11.8. The maximum Gasteiger partial charge on any atom is 0.239 e. The number of hydrogen-bond acceptors (Lipinski definition) is 5. The molecule has 1 saturated heterocycles. The molecule has 6 nitrogen and oxygen atoms in total. The molecule has 18 heavy (non-hydrogen) atoms. The number of nitrogens with two attached hydrogens (primary N) is 1. The first-order valence-electron chi connectivity index (χ1n) is 6.25. The lowest BCUT2D eigenvalue weighted by atomic mass is 10.3. The highest BCUT2D eigenvalue weighted by Gasteiger charge is 2.21. The van der Waals surface area contributed by atoms with Gasteiger partial charge in [-0.15, -0.1) is 5.10 Å². The molecule has 0 aliphatic carbocycles. The predicted molar refractivity (Wildman–Crippen MR) is 69.1 cm³/mol. The maximum atomic E-state index is 11.8. The number of rotatable bonds is 2. The van der Waals surface area contributed by atoms with E-state index in [9.17, 15) is 4.79 Å². The molecule has 2 rings (SSSR count). The van der Waals surface area contributed by atoms with Crippen molar-refractivity contribution in [2.24, 2.45) is 5.73 Å². The van der Waals surface area contributed by atoms with Gasteiger partial charge in [0.15, 0.2) is 5.82 Å². The van der Waals surface area contributed by atoms with Gasteiger partial charge in [0, 0.05) is 32.4 Å². The third-order valence-electron chi connectivity index (χ3n) is 3.08. The van der Waals surface area contributed by atoms with E-state index in [0.29, 0.717) is 6.54 Å². The molecule has 0 aromatic carbocycles. The summed E-state index contributed by atoms with van der Waals surface area (Å²) < 4.78 is 0. The van der Waals surface area contributed by atoms with E-state index >= 15 is 0 Å². The minimum absolute atomic E-state index is 0.0241. The quantitative estimate of drug-likeness (QED) is 0.789. The van der Waals surface area contributed by atoms with Crippen LogP contribution in [0.3, 0.4) is 0 Å². The van der Waals surface area contributed by atoms with Crippen LogP contribution < -0.4 is 10.6 Å². The second-order valence-corrected chi connectivity index (χ2v) is 4.54. The first-order valence-corrected chi connectivity index (χ1v) is 6.25. The summed E-state index contributed by atoms with van der Waals surface area (Å²) in [5.41, 5.74) is 5.64. The molecule has 0 bridgehead atoms. The van der Waals surface area contributed by atoms with E-state index < -0.39 is 6.04 Å². The molecule has 6 heteroatoms. The van der Waals surface area contributed by atoms with Gasteiger partial charge >= 0.3 is 0 Å². The van der Waals surface area contributed by atoms with Crippen molar-refractivity contribution in [3.05, 3.63) is 18.3 Å². The lowest BCUT2D eigenvalue weighted by Crippen LogP contribution is -2.43. The zero-order chi connectivity index (χ0) is 13.0. The van der Waals surface area contributed by atoms with Crippen LogP contribution in [0.2, 0.25) is 0 Å². The normalized spacial score (nSPS) is 18.3. The van der Waals surface area contributed by atoms with Crippen molar-refractivity contribution >= 4 is 11.7 Å². The van der Waals surface area contributed by atoms with Gasteiger partial charge in [-0.05, 0) is 25.5 Å². The molecule has 1 aliphatic rings. The Hall–Kier alpha value is -1.69. The summed E-state index contributed by atoms with van der Waals surface area (Å²) in [5, 5.41) is 7.98. The Morgan fingerprint density at radius 3 is 2.89 bits per heavy atom. The fourth-order valence-electron chi connectivity index (χ4n) is 2.12. The molecule has 1 aliphatic heterocycles. The van der Waals surface area contributed by atoms with Gasteiger partial charge < -0.3 is 15.5 Å². The van der Waals surface area contributed by atoms with Crippen molar-refractivity contribution in [2.75, 3.05) is 31.1 Å². The first-order chi connectivity index (χ1) is 8.68. The molecule has 2 N–H and O–H groups in total. The van der Waals surface area contributed by atoms with Crippen LogP contribution in [0.5, 0.6) is 0 Å². The summed E-state index contributed by atoms with van der Waals surface area (Å²) in [7, 11) is 0. The van der Waals surface area contributed by atoms with Gasteiger partial charge in [-0.3, -0.25) is 4.79 Å².